The predicted molar refractivity (Wildman–Crippen MR) is 86.3 cm³/mol. The molecule has 0 aliphatic carbocycles. The van der Waals surface area contributed by atoms with Crippen LogP contribution in [0.3, 0.4) is 0 Å². The lowest BCUT2D eigenvalue weighted by atomic mass is 9.99. The van der Waals surface area contributed by atoms with Crippen molar-refractivity contribution >= 4 is 11.6 Å². The molecule has 1 atom stereocenters. The molecule has 23 heavy (non-hydrogen) atoms. The van der Waals surface area contributed by atoms with Gasteiger partial charge < -0.3 is 10.0 Å². The first-order valence-electron chi connectivity index (χ1n) is 8.02. The molecule has 1 aliphatic rings. The van der Waals surface area contributed by atoms with Gasteiger partial charge in [0.25, 0.3) is 5.91 Å². The summed E-state index contributed by atoms with van der Waals surface area (Å²) in [4.78, 5) is 20.4. The fourth-order valence-corrected chi connectivity index (χ4v) is 3.28. The number of carbonyl (C=O) groups excluding carboxylic acids is 1. The summed E-state index contributed by atoms with van der Waals surface area (Å²) < 4.78 is 1.77. The highest BCUT2D eigenvalue weighted by atomic mass is 16.3. The van der Waals surface area contributed by atoms with Crippen molar-refractivity contribution in [2.24, 2.45) is 0 Å². The minimum atomic E-state index is -0.0968. The number of rotatable bonds is 4. The van der Waals surface area contributed by atoms with Crippen LogP contribution in [-0.2, 0) is 0 Å². The van der Waals surface area contributed by atoms with E-state index in [2.05, 4.69) is 15.0 Å². The number of hydrogen-bond donors (Lipinski definition) is 1. The lowest BCUT2D eigenvalue weighted by Crippen LogP contribution is -2.36. The van der Waals surface area contributed by atoms with E-state index in [0.717, 1.165) is 31.5 Å². The van der Waals surface area contributed by atoms with Gasteiger partial charge in [0.1, 0.15) is 5.56 Å². The summed E-state index contributed by atoms with van der Waals surface area (Å²) in [5.41, 5.74) is 2.14. The quantitative estimate of drug-likeness (QED) is 0.909. The van der Waals surface area contributed by atoms with E-state index in [-0.39, 0.29) is 18.6 Å². The fraction of sp³-hybridized carbons (Fsp3) is 0.562. The number of likely N-dealkylation sites (tertiary alicyclic amines) is 1. The smallest absolute Gasteiger partial charge is 0.258 e. The third kappa shape index (κ3) is 2.94. The molecule has 0 unspecified atom stereocenters. The van der Waals surface area contributed by atoms with E-state index < -0.39 is 0 Å². The normalized spacial score (nSPS) is 19.2. The number of aliphatic hydroxyl groups excluding tert-OH is 1. The first-order chi connectivity index (χ1) is 11.1. The molecule has 7 nitrogen and oxygen atoms in total. The van der Waals surface area contributed by atoms with Crippen LogP contribution in [0.2, 0.25) is 0 Å². The van der Waals surface area contributed by atoms with Crippen molar-refractivity contribution in [1.29, 1.82) is 0 Å². The number of hydrogen-bond acceptors (Lipinski definition) is 5. The summed E-state index contributed by atoms with van der Waals surface area (Å²) in [5, 5.41) is 13.7. The van der Waals surface area contributed by atoms with Crippen molar-refractivity contribution < 1.29 is 9.90 Å². The van der Waals surface area contributed by atoms with E-state index in [1.165, 1.54) is 4.90 Å². The Kier molecular flexibility index (Phi) is 4.58. The van der Waals surface area contributed by atoms with E-state index in [4.69, 9.17) is 0 Å². The molecule has 0 radical (unpaired) electrons. The van der Waals surface area contributed by atoms with Gasteiger partial charge in [-0.2, -0.15) is 5.10 Å². The third-order valence-electron chi connectivity index (χ3n) is 4.41. The van der Waals surface area contributed by atoms with Crippen molar-refractivity contribution in [3.63, 3.8) is 0 Å². The van der Waals surface area contributed by atoms with E-state index >= 15 is 0 Å². The molecule has 0 saturated carbocycles. The maximum absolute atomic E-state index is 12.3. The van der Waals surface area contributed by atoms with Crippen LogP contribution < -0.4 is 0 Å². The van der Waals surface area contributed by atoms with Crippen LogP contribution in [0, 0.1) is 0 Å². The van der Waals surface area contributed by atoms with Gasteiger partial charge in [-0.25, -0.2) is 9.50 Å². The molecule has 0 spiro atoms. The lowest BCUT2D eigenvalue weighted by molar-refractivity contribution is 0.0829. The minimum Gasteiger partial charge on any atom is -0.395 e. The molecule has 124 valence electrons. The van der Waals surface area contributed by atoms with E-state index in [1.54, 1.807) is 31.0 Å². The molecule has 3 rings (SSSR count). The van der Waals surface area contributed by atoms with Gasteiger partial charge in [-0.1, -0.05) is 6.42 Å². The molecule has 1 fully saturated rings. The highest BCUT2D eigenvalue weighted by Crippen LogP contribution is 2.30. The molecular weight excluding hydrogens is 294 g/mol. The van der Waals surface area contributed by atoms with Crippen molar-refractivity contribution in [3.8, 4) is 0 Å². The van der Waals surface area contributed by atoms with Gasteiger partial charge in [0.05, 0.1) is 24.5 Å². The van der Waals surface area contributed by atoms with Gasteiger partial charge in [0.2, 0.25) is 0 Å². The molecule has 7 heteroatoms. The van der Waals surface area contributed by atoms with Gasteiger partial charge in [-0.3, -0.25) is 9.69 Å². The van der Waals surface area contributed by atoms with E-state index in [9.17, 15) is 9.90 Å². The summed E-state index contributed by atoms with van der Waals surface area (Å²) in [6.07, 6.45) is 6.66. The SMILES string of the molecule is CN(C)C(=O)c1cnn2c([C@H]3CCCCN3CCO)ccnc12. The topological polar surface area (TPSA) is 74.0 Å². The Balaban J connectivity index is 2.03. The average Bonchev–Trinajstić information content (AvgIpc) is 2.99. The second kappa shape index (κ2) is 6.64. The number of amides is 1. The number of β-amino-alcohol motifs (C(OH)–C–C–N with tert-alkyl or cyclic N) is 1. The largest absolute Gasteiger partial charge is 0.395 e. The van der Waals surface area contributed by atoms with Gasteiger partial charge in [-0.05, 0) is 25.5 Å². The van der Waals surface area contributed by atoms with Crippen molar-refractivity contribution in [1.82, 2.24) is 24.4 Å². The minimum absolute atomic E-state index is 0.0968. The zero-order valence-corrected chi connectivity index (χ0v) is 13.6. The molecule has 1 amide bonds. The Hall–Kier alpha value is -1.99. The molecule has 2 aromatic rings. The Labute approximate surface area is 135 Å². The van der Waals surface area contributed by atoms with E-state index in [0.29, 0.717) is 17.8 Å². The van der Waals surface area contributed by atoms with Crippen LogP contribution in [0.1, 0.15) is 41.4 Å². The fourth-order valence-electron chi connectivity index (χ4n) is 3.28. The maximum Gasteiger partial charge on any atom is 0.258 e. The average molecular weight is 317 g/mol. The molecule has 3 heterocycles. The zero-order valence-electron chi connectivity index (χ0n) is 13.6. The molecule has 1 aliphatic heterocycles. The first-order valence-corrected chi connectivity index (χ1v) is 8.02. The number of carbonyl (C=O) groups is 1. The molecule has 1 saturated heterocycles. The summed E-state index contributed by atoms with van der Waals surface area (Å²) in [6.45, 7) is 1.77. The predicted octanol–water partition coefficient (Wildman–Crippen LogP) is 0.950. The molecule has 2 aromatic heterocycles. The van der Waals surface area contributed by atoms with Gasteiger partial charge in [0, 0.05) is 26.8 Å². The Morgan fingerprint density at radius 2 is 2.26 bits per heavy atom. The van der Waals surface area contributed by atoms with Crippen molar-refractivity contribution in [2.45, 2.75) is 25.3 Å². The molecule has 1 N–H and O–H groups in total. The monoisotopic (exact) mass is 317 g/mol. The van der Waals surface area contributed by atoms with Crippen LogP contribution in [0.25, 0.3) is 5.65 Å². The number of piperidine rings is 1. The zero-order chi connectivity index (χ0) is 16.4. The lowest BCUT2D eigenvalue weighted by Gasteiger charge is -2.35. The Bertz CT molecular complexity index is 695. The highest BCUT2D eigenvalue weighted by Gasteiger charge is 2.27. The highest BCUT2D eigenvalue weighted by molar-refractivity contribution is 5.99. The maximum atomic E-state index is 12.3. The van der Waals surface area contributed by atoms with Gasteiger partial charge >= 0.3 is 0 Å². The van der Waals surface area contributed by atoms with Gasteiger partial charge in [-0.15, -0.1) is 0 Å². The standard InChI is InChI=1S/C16H23N5O2/c1-19(2)16(23)12-11-18-21-14(6-7-17-15(12)21)13-5-3-4-8-20(13)9-10-22/h6-7,11,13,22H,3-5,8-10H2,1-2H3/t13-/m1/s1. The van der Waals surface area contributed by atoms with Crippen LogP contribution in [0.5, 0.6) is 0 Å². The van der Waals surface area contributed by atoms with Crippen LogP contribution >= 0.6 is 0 Å². The van der Waals surface area contributed by atoms with Crippen LogP contribution in [0.4, 0.5) is 0 Å². The van der Waals surface area contributed by atoms with Gasteiger partial charge in [0.15, 0.2) is 5.65 Å². The number of aromatic nitrogens is 3. The second-order valence-corrected chi connectivity index (χ2v) is 6.13. The molecular formula is C16H23N5O2. The number of nitrogens with zero attached hydrogens (tertiary/aromatic N) is 5. The van der Waals surface area contributed by atoms with Crippen LogP contribution in [0.15, 0.2) is 18.5 Å². The third-order valence-corrected chi connectivity index (χ3v) is 4.41. The summed E-state index contributed by atoms with van der Waals surface area (Å²) in [5.74, 6) is -0.0968. The van der Waals surface area contributed by atoms with Crippen molar-refractivity contribution in [2.75, 3.05) is 33.8 Å². The molecule has 0 bridgehead atoms. The van der Waals surface area contributed by atoms with Crippen LogP contribution in [-0.4, -0.2) is 69.2 Å². The number of fused-ring (bicyclic) bond motifs is 1. The summed E-state index contributed by atoms with van der Waals surface area (Å²) in [6, 6.07) is 2.16. The second-order valence-electron chi connectivity index (χ2n) is 6.13. The first kappa shape index (κ1) is 15.9. The van der Waals surface area contributed by atoms with Crippen molar-refractivity contribution in [3.05, 3.63) is 29.7 Å². The summed E-state index contributed by atoms with van der Waals surface area (Å²) in [7, 11) is 3.44. The Morgan fingerprint density at radius 1 is 1.43 bits per heavy atom. The molecule has 0 aromatic carbocycles. The van der Waals surface area contributed by atoms with E-state index in [1.807, 2.05) is 6.07 Å². The Morgan fingerprint density at radius 3 is 3.00 bits per heavy atom. The summed E-state index contributed by atoms with van der Waals surface area (Å²) >= 11 is 0. The number of aliphatic hydroxyl groups is 1.